The number of carboxylic acid groups (broad SMARTS) is 1. The molecule has 0 unspecified atom stereocenters. The standard InChI is InChI=1S/C6H13FN2O2/c7-4(3-8)1-2-5(9)6(10)11/h4-5H,1-3,8-9H2,(H,10,11)/p+1/t4-,5+/m1/s1. The van der Waals surface area contributed by atoms with Crippen molar-refractivity contribution >= 4 is 5.97 Å². The molecule has 66 valence electrons. The minimum Gasteiger partial charge on any atom is -0.544 e. The Labute approximate surface area is 64.4 Å². The lowest BCUT2D eigenvalue weighted by Gasteiger charge is -2.09. The molecule has 0 saturated carbocycles. The number of aliphatic carboxylic acids is 1. The topological polar surface area (TPSA) is 95.4 Å². The van der Waals surface area contributed by atoms with Crippen molar-refractivity contribution in [1.82, 2.24) is 0 Å². The SMILES string of the molecule is [NH3+]C[C@H](F)CC[C@H]([NH3+])C(=O)[O-]. The maximum atomic E-state index is 12.5. The molecule has 5 heteroatoms. The van der Waals surface area contributed by atoms with Crippen molar-refractivity contribution in [1.29, 1.82) is 0 Å². The van der Waals surface area contributed by atoms with Gasteiger partial charge in [0, 0.05) is 6.42 Å². The van der Waals surface area contributed by atoms with Gasteiger partial charge in [-0.05, 0) is 6.42 Å². The number of carboxylic acids is 1. The minimum atomic E-state index is -1.22. The molecular formula is C6H14FN2O2+. The normalized spacial score (nSPS) is 15.9. The van der Waals surface area contributed by atoms with Gasteiger partial charge < -0.3 is 21.4 Å². The molecule has 2 atom stereocenters. The first-order chi connectivity index (χ1) is 5.07. The lowest BCUT2D eigenvalue weighted by Crippen LogP contribution is -2.68. The van der Waals surface area contributed by atoms with Crippen LogP contribution < -0.4 is 16.6 Å². The molecule has 0 heterocycles. The van der Waals surface area contributed by atoms with Crippen molar-refractivity contribution < 1.29 is 25.8 Å². The third-order valence-corrected chi connectivity index (χ3v) is 1.47. The second-order valence-corrected chi connectivity index (χ2v) is 2.48. The van der Waals surface area contributed by atoms with Crippen LogP contribution in [0.3, 0.4) is 0 Å². The van der Waals surface area contributed by atoms with Crippen LogP contribution in [-0.2, 0) is 4.79 Å². The van der Waals surface area contributed by atoms with Gasteiger partial charge in [-0.1, -0.05) is 0 Å². The second kappa shape index (κ2) is 5.03. The van der Waals surface area contributed by atoms with Crippen LogP contribution in [0.1, 0.15) is 12.8 Å². The molecule has 0 amide bonds. The zero-order valence-electron chi connectivity index (χ0n) is 6.38. The Morgan fingerprint density at radius 2 is 2.09 bits per heavy atom. The van der Waals surface area contributed by atoms with E-state index in [4.69, 9.17) is 0 Å². The smallest absolute Gasteiger partial charge is 0.149 e. The van der Waals surface area contributed by atoms with Gasteiger partial charge in [0.15, 0.2) is 0 Å². The number of hydrogen-bond acceptors (Lipinski definition) is 2. The first kappa shape index (κ1) is 10.3. The largest absolute Gasteiger partial charge is 0.544 e. The first-order valence-corrected chi connectivity index (χ1v) is 3.55. The van der Waals surface area contributed by atoms with E-state index < -0.39 is 18.2 Å². The van der Waals surface area contributed by atoms with Crippen molar-refractivity contribution in [2.45, 2.75) is 25.1 Å². The van der Waals surface area contributed by atoms with Gasteiger partial charge in [-0.2, -0.15) is 0 Å². The number of quaternary nitrogens is 2. The highest BCUT2D eigenvalue weighted by atomic mass is 19.1. The van der Waals surface area contributed by atoms with Crippen LogP contribution in [0, 0.1) is 0 Å². The van der Waals surface area contributed by atoms with Crippen LogP contribution in [0.2, 0.25) is 0 Å². The van der Waals surface area contributed by atoms with E-state index in [9.17, 15) is 14.3 Å². The molecule has 4 nitrogen and oxygen atoms in total. The summed E-state index contributed by atoms with van der Waals surface area (Å²) < 4.78 is 12.5. The molecule has 0 fully saturated rings. The van der Waals surface area contributed by atoms with Crippen LogP contribution in [0.4, 0.5) is 4.39 Å². The van der Waals surface area contributed by atoms with Crippen molar-refractivity contribution in [2.75, 3.05) is 6.54 Å². The quantitative estimate of drug-likeness (QED) is 0.446. The van der Waals surface area contributed by atoms with Gasteiger partial charge in [0.2, 0.25) is 0 Å². The third kappa shape index (κ3) is 4.69. The van der Waals surface area contributed by atoms with E-state index in [1.54, 1.807) is 0 Å². The van der Waals surface area contributed by atoms with E-state index in [1.807, 2.05) is 0 Å². The molecule has 0 aliphatic heterocycles. The van der Waals surface area contributed by atoms with E-state index in [2.05, 4.69) is 11.5 Å². The van der Waals surface area contributed by atoms with Crippen molar-refractivity contribution in [3.05, 3.63) is 0 Å². The molecule has 0 bridgehead atoms. The number of halogens is 1. The summed E-state index contributed by atoms with van der Waals surface area (Å²) in [7, 11) is 0. The van der Waals surface area contributed by atoms with Crippen LogP contribution in [-0.4, -0.2) is 24.7 Å². The zero-order chi connectivity index (χ0) is 8.85. The number of rotatable bonds is 5. The fourth-order valence-electron chi connectivity index (χ4n) is 0.644. The Bertz CT molecular complexity index is 132. The number of alkyl halides is 1. The summed E-state index contributed by atoms with van der Waals surface area (Å²) in [6, 6.07) is -0.806. The van der Waals surface area contributed by atoms with Crippen molar-refractivity contribution in [3.8, 4) is 0 Å². The number of carbonyl (C=O) groups excluding carboxylic acids is 1. The Balaban J connectivity index is 3.45. The molecule has 0 aliphatic rings. The molecule has 0 spiro atoms. The molecule has 0 aromatic carbocycles. The van der Waals surface area contributed by atoms with E-state index in [0.717, 1.165) is 0 Å². The van der Waals surface area contributed by atoms with Crippen LogP contribution >= 0.6 is 0 Å². The summed E-state index contributed by atoms with van der Waals surface area (Å²) >= 11 is 0. The highest BCUT2D eigenvalue weighted by Gasteiger charge is 2.12. The maximum absolute atomic E-state index is 12.5. The molecular weight excluding hydrogens is 151 g/mol. The lowest BCUT2D eigenvalue weighted by molar-refractivity contribution is -0.439. The zero-order valence-corrected chi connectivity index (χ0v) is 6.38. The summed E-state index contributed by atoms with van der Waals surface area (Å²) in [6.07, 6.45) is -0.594. The Morgan fingerprint density at radius 1 is 1.55 bits per heavy atom. The molecule has 6 N–H and O–H groups in total. The summed E-state index contributed by atoms with van der Waals surface area (Å²) in [5.74, 6) is -1.22. The molecule has 0 aliphatic carbocycles. The van der Waals surface area contributed by atoms with Gasteiger partial charge in [0.1, 0.15) is 18.8 Å². The third-order valence-electron chi connectivity index (χ3n) is 1.47. The Morgan fingerprint density at radius 3 is 2.45 bits per heavy atom. The molecule has 0 aromatic heterocycles. The van der Waals surface area contributed by atoms with E-state index in [1.165, 1.54) is 0 Å². The lowest BCUT2D eigenvalue weighted by atomic mass is 10.1. The first-order valence-electron chi connectivity index (χ1n) is 3.55. The average molecular weight is 165 g/mol. The van der Waals surface area contributed by atoms with E-state index in [-0.39, 0.29) is 19.4 Å². The molecule has 0 rings (SSSR count). The van der Waals surface area contributed by atoms with Gasteiger partial charge in [0.25, 0.3) is 0 Å². The predicted molar refractivity (Wildman–Crippen MR) is 33.6 cm³/mol. The van der Waals surface area contributed by atoms with Gasteiger partial charge >= 0.3 is 0 Å². The second-order valence-electron chi connectivity index (χ2n) is 2.48. The Kier molecular flexibility index (Phi) is 4.72. The van der Waals surface area contributed by atoms with Crippen LogP contribution in [0.15, 0.2) is 0 Å². The highest BCUT2D eigenvalue weighted by molar-refractivity contribution is 5.68. The molecule has 11 heavy (non-hydrogen) atoms. The average Bonchev–Trinajstić information content (AvgIpc) is 1.99. The molecule has 0 aromatic rings. The highest BCUT2D eigenvalue weighted by Crippen LogP contribution is 2.00. The van der Waals surface area contributed by atoms with E-state index >= 15 is 0 Å². The summed E-state index contributed by atoms with van der Waals surface area (Å²) in [5.41, 5.74) is 6.64. The minimum absolute atomic E-state index is 0.180. The van der Waals surface area contributed by atoms with Gasteiger partial charge in [-0.3, -0.25) is 0 Å². The predicted octanol–water partition coefficient (Wildman–Crippen LogP) is -3.29. The van der Waals surface area contributed by atoms with Gasteiger partial charge in [0.05, 0.1) is 5.97 Å². The number of carbonyl (C=O) groups is 1. The monoisotopic (exact) mass is 165 g/mol. The van der Waals surface area contributed by atoms with Gasteiger partial charge in [-0.15, -0.1) is 0 Å². The van der Waals surface area contributed by atoms with E-state index in [0.29, 0.717) is 0 Å². The van der Waals surface area contributed by atoms with Crippen LogP contribution in [0.5, 0.6) is 0 Å². The summed E-state index contributed by atoms with van der Waals surface area (Å²) in [6.45, 7) is 0.180. The van der Waals surface area contributed by atoms with Gasteiger partial charge in [-0.25, -0.2) is 4.39 Å². The van der Waals surface area contributed by atoms with Crippen LogP contribution in [0.25, 0.3) is 0 Å². The molecule has 0 radical (unpaired) electrons. The van der Waals surface area contributed by atoms with Crippen molar-refractivity contribution in [3.63, 3.8) is 0 Å². The summed E-state index contributed by atoms with van der Waals surface area (Å²) in [5, 5.41) is 10.1. The fourth-order valence-corrected chi connectivity index (χ4v) is 0.644. The maximum Gasteiger partial charge on any atom is 0.149 e. The van der Waals surface area contributed by atoms with Crippen molar-refractivity contribution in [2.24, 2.45) is 0 Å². The molecule has 0 saturated heterocycles. The summed E-state index contributed by atoms with van der Waals surface area (Å²) in [4.78, 5) is 10.1. The fraction of sp³-hybridized carbons (Fsp3) is 0.833. The number of hydrogen-bond donors (Lipinski definition) is 2. The Hall–Kier alpha value is -0.680.